The maximum absolute atomic E-state index is 4.85. The van der Waals surface area contributed by atoms with Gasteiger partial charge in [0, 0.05) is 32.2 Å². The molecule has 0 bridgehead atoms. The van der Waals surface area contributed by atoms with Gasteiger partial charge in [-0.15, -0.1) is 26.3 Å². The Hall–Kier alpha value is 1.06. The largest absolute Gasteiger partial charge is 0.175 e. The Morgan fingerprint density at radius 1 is 0.875 bits per heavy atom. The molecule has 5 unspecified atom stereocenters. The van der Waals surface area contributed by atoms with E-state index >= 15 is 0 Å². The van der Waals surface area contributed by atoms with E-state index in [2.05, 4.69) is 51.6 Å². The van der Waals surface area contributed by atoms with Gasteiger partial charge in [0.15, 0.2) is 0 Å². The number of rotatable bonds is 13. The predicted octanol–water partition coefficient (Wildman–Crippen LogP) is 5.86. The van der Waals surface area contributed by atoms with E-state index in [1.54, 1.807) is 18.2 Å². The summed E-state index contributed by atoms with van der Waals surface area (Å²) in [6.07, 6.45) is 8.81. The summed E-state index contributed by atoms with van der Waals surface area (Å²) in [4.78, 5) is 0. The van der Waals surface area contributed by atoms with E-state index in [0.717, 1.165) is 18.1 Å². The molecule has 0 spiro atoms. The Kier molecular flexibility index (Phi) is 13.0. The van der Waals surface area contributed by atoms with Crippen molar-refractivity contribution in [2.24, 2.45) is 11.3 Å². The highest BCUT2D eigenvalue weighted by molar-refractivity contribution is 7.87. The minimum absolute atomic E-state index is 0.0323. The molecule has 0 nitrogen and oxygen atoms in total. The highest BCUT2D eigenvalue weighted by atomic mass is 32.1. The lowest BCUT2D eigenvalue weighted by Gasteiger charge is -2.52. The maximum Gasteiger partial charge on any atom is 0.0531 e. The van der Waals surface area contributed by atoms with Crippen molar-refractivity contribution in [3.05, 3.63) is 61.6 Å². The number of hydrogen-bond acceptors (Lipinski definition) is 6. The Morgan fingerprint density at radius 3 is 1.71 bits per heavy atom. The smallest absolute Gasteiger partial charge is 0.0531 e. The lowest BCUT2D eigenvalue weighted by molar-refractivity contribution is 0.209. The zero-order valence-electron chi connectivity index (χ0n) is 13.7. The van der Waals surface area contributed by atoms with Crippen molar-refractivity contribution in [2.45, 2.75) is 33.8 Å². The van der Waals surface area contributed by atoms with Crippen molar-refractivity contribution >= 4 is 75.8 Å². The molecule has 0 N–H and O–H groups in total. The third-order valence-corrected chi connectivity index (χ3v) is 7.69. The second kappa shape index (κ2) is 12.4. The third kappa shape index (κ3) is 5.53. The lowest BCUT2D eigenvalue weighted by atomic mass is 9.63. The number of hydrogen-bond donors (Lipinski definition) is 6. The zero-order valence-corrected chi connectivity index (χ0v) is 19.1. The van der Waals surface area contributed by atoms with Crippen LogP contribution in [0.15, 0.2) is 50.6 Å². The van der Waals surface area contributed by atoms with E-state index in [0.29, 0.717) is 0 Å². The fourth-order valence-electron chi connectivity index (χ4n) is 2.97. The molecular weight excluding hydrogens is 409 g/mol. The van der Waals surface area contributed by atoms with Crippen LogP contribution in [0.4, 0.5) is 0 Å². The van der Waals surface area contributed by atoms with Crippen molar-refractivity contribution in [1.29, 1.82) is 0 Å². The van der Waals surface area contributed by atoms with Crippen LogP contribution in [0.1, 0.15) is 12.8 Å². The molecule has 0 saturated heterocycles. The van der Waals surface area contributed by atoms with Crippen LogP contribution in [0.25, 0.3) is 0 Å². The molecule has 0 aromatic carbocycles. The molecule has 0 saturated carbocycles. The van der Waals surface area contributed by atoms with Crippen LogP contribution in [0.3, 0.4) is 0 Å². The molecule has 0 heterocycles. The molecule has 5 atom stereocenters. The van der Waals surface area contributed by atoms with Crippen molar-refractivity contribution in [3.63, 3.8) is 0 Å². The average molecular weight is 437 g/mol. The summed E-state index contributed by atoms with van der Waals surface area (Å²) < 4.78 is 0. The molecule has 0 aliphatic carbocycles. The summed E-state index contributed by atoms with van der Waals surface area (Å²) in [6.45, 7) is 15.6. The summed E-state index contributed by atoms with van der Waals surface area (Å²) in [5.74, 6) is 1.87. The lowest BCUT2D eigenvalue weighted by Crippen LogP contribution is -2.53. The topological polar surface area (TPSA) is 0 Å². The summed E-state index contributed by atoms with van der Waals surface area (Å²) in [6, 6.07) is 0. The first-order valence-corrected chi connectivity index (χ1v) is 10.6. The minimum atomic E-state index is -0.586. The van der Waals surface area contributed by atoms with E-state index < -0.39 is 5.41 Å². The first-order valence-electron chi connectivity index (χ1n) is 7.54. The Morgan fingerprint density at radius 2 is 1.38 bits per heavy atom. The normalized spacial score (nSPS) is 20.3. The molecule has 0 aliphatic heterocycles. The summed E-state index contributed by atoms with van der Waals surface area (Å²) in [5.41, 5.74) is -0.586. The maximum atomic E-state index is 4.85. The summed E-state index contributed by atoms with van der Waals surface area (Å²) in [5, 5.41) is 0.0604. The molecule has 0 aliphatic rings. The molecule has 0 amide bonds. The van der Waals surface area contributed by atoms with Gasteiger partial charge in [-0.1, -0.05) is 24.3 Å². The molecule has 136 valence electrons. The molecule has 0 fully saturated rings. The van der Waals surface area contributed by atoms with Crippen LogP contribution in [0.2, 0.25) is 0 Å². The van der Waals surface area contributed by atoms with Gasteiger partial charge in [-0.25, -0.2) is 0 Å². The molecule has 0 rings (SSSR count). The van der Waals surface area contributed by atoms with Crippen LogP contribution in [0.5, 0.6) is 0 Å². The highest BCUT2D eigenvalue weighted by Gasteiger charge is 2.54. The first-order chi connectivity index (χ1) is 11.3. The Bertz CT molecular complexity index is 408. The average Bonchev–Trinajstić information content (AvgIpc) is 2.61. The van der Waals surface area contributed by atoms with Crippen LogP contribution in [0, 0.1) is 22.3 Å². The Labute approximate surface area is 181 Å². The predicted molar refractivity (Wildman–Crippen MR) is 133 cm³/mol. The van der Waals surface area contributed by atoms with Gasteiger partial charge in [-0.2, -0.15) is 75.8 Å². The first kappa shape index (κ1) is 25.1. The third-order valence-electron chi connectivity index (χ3n) is 4.25. The Balaban J connectivity index is 6.46. The SMILES string of the molecule is C=CC(S)[C](S)C(C(S)C=C)(C(S)C=C)C(CC[CH]S)C(S)C=C. The minimum Gasteiger partial charge on any atom is -0.175 e. The van der Waals surface area contributed by atoms with Crippen LogP contribution in [-0.4, -0.2) is 21.0 Å². The molecule has 2 radical (unpaired) electrons. The van der Waals surface area contributed by atoms with Crippen molar-refractivity contribution in [2.75, 3.05) is 0 Å². The van der Waals surface area contributed by atoms with Gasteiger partial charge in [0.2, 0.25) is 0 Å². The van der Waals surface area contributed by atoms with Crippen molar-refractivity contribution in [1.82, 2.24) is 0 Å². The van der Waals surface area contributed by atoms with Gasteiger partial charge >= 0.3 is 0 Å². The highest BCUT2D eigenvalue weighted by Crippen LogP contribution is 2.56. The fourth-order valence-corrected chi connectivity index (χ4v) is 5.60. The standard InChI is InChI=1S/C18H28S6/c1-5-13(20)12(10-9-11-19)18(15(22)7-3,16(23)8-4)17(24)14(21)6-2/h5-8,11-16,19-24H,1-4,9-10H2. The van der Waals surface area contributed by atoms with E-state index in [-0.39, 0.29) is 26.9 Å². The summed E-state index contributed by atoms with van der Waals surface area (Å²) >= 11 is 28.1. The van der Waals surface area contributed by atoms with E-state index in [1.807, 2.05) is 11.8 Å². The van der Waals surface area contributed by atoms with Gasteiger partial charge < -0.3 is 0 Å². The molecule has 6 heteroatoms. The van der Waals surface area contributed by atoms with Crippen LogP contribution < -0.4 is 0 Å². The van der Waals surface area contributed by atoms with Crippen LogP contribution >= 0.6 is 75.8 Å². The molecule has 0 aromatic heterocycles. The van der Waals surface area contributed by atoms with Crippen molar-refractivity contribution in [3.8, 4) is 0 Å². The van der Waals surface area contributed by atoms with Gasteiger partial charge in [0.25, 0.3) is 0 Å². The van der Waals surface area contributed by atoms with E-state index in [9.17, 15) is 0 Å². The monoisotopic (exact) mass is 436 g/mol. The second-order valence-electron chi connectivity index (χ2n) is 5.45. The van der Waals surface area contributed by atoms with Gasteiger partial charge in [-0.05, 0) is 18.8 Å². The quantitative estimate of drug-likeness (QED) is 0.151. The summed E-state index contributed by atoms with van der Waals surface area (Å²) in [7, 11) is 0. The van der Waals surface area contributed by atoms with E-state index in [4.69, 9.17) is 50.5 Å². The molecule has 0 aromatic rings. The van der Waals surface area contributed by atoms with E-state index in [1.165, 1.54) is 0 Å². The molecular formula is C18H28S6. The second-order valence-corrected chi connectivity index (χ2v) is 8.56. The van der Waals surface area contributed by atoms with Gasteiger partial charge in [-0.3, -0.25) is 0 Å². The van der Waals surface area contributed by atoms with Crippen LogP contribution in [-0.2, 0) is 0 Å². The molecule has 24 heavy (non-hydrogen) atoms. The zero-order chi connectivity index (χ0) is 18.9. The van der Waals surface area contributed by atoms with Crippen molar-refractivity contribution < 1.29 is 0 Å². The number of thiol groups is 6. The fraction of sp³-hybridized carbons (Fsp3) is 0.444. The van der Waals surface area contributed by atoms with Gasteiger partial charge in [0.1, 0.15) is 0 Å². The van der Waals surface area contributed by atoms with Gasteiger partial charge in [0.05, 0.1) is 5.25 Å².